The van der Waals surface area contributed by atoms with Gasteiger partial charge in [-0.15, -0.1) is 0 Å². The van der Waals surface area contributed by atoms with Gasteiger partial charge in [0, 0.05) is 25.0 Å². The van der Waals surface area contributed by atoms with Gasteiger partial charge in [-0.1, -0.05) is 26.7 Å². The Morgan fingerprint density at radius 3 is 2.39 bits per heavy atom. The number of amides is 1. The molecular weight excluding hydrogens is 224 g/mol. The van der Waals surface area contributed by atoms with E-state index in [0.29, 0.717) is 18.0 Å². The molecule has 0 spiro atoms. The van der Waals surface area contributed by atoms with Crippen molar-refractivity contribution in [1.82, 2.24) is 4.90 Å². The van der Waals surface area contributed by atoms with Gasteiger partial charge in [0.05, 0.1) is 0 Å². The molecule has 0 aromatic carbocycles. The average Bonchev–Trinajstić information content (AvgIpc) is 2.39. The minimum Gasteiger partial charge on any atom is -0.343 e. The van der Waals surface area contributed by atoms with E-state index in [9.17, 15) is 4.79 Å². The molecule has 1 unspecified atom stereocenters. The molecule has 1 amide bonds. The van der Waals surface area contributed by atoms with Crippen LogP contribution < -0.4 is 5.73 Å². The van der Waals surface area contributed by atoms with Crippen LogP contribution in [0.25, 0.3) is 0 Å². The van der Waals surface area contributed by atoms with E-state index in [2.05, 4.69) is 13.8 Å². The molecule has 18 heavy (non-hydrogen) atoms. The van der Waals surface area contributed by atoms with Gasteiger partial charge >= 0.3 is 0 Å². The zero-order chi connectivity index (χ0) is 13.5. The van der Waals surface area contributed by atoms with Crippen LogP contribution in [0.1, 0.15) is 65.2 Å². The van der Waals surface area contributed by atoms with Gasteiger partial charge in [0.2, 0.25) is 5.91 Å². The lowest BCUT2D eigenvalue weighted by atomic mass is 9.89. The van der Waals surface area contributed by atoms with Gasteiger partial charge < -0.3 is 10.6 Å². The van der Waals surface area contributed by atoms with Crippen LogP contribution in [-0.2, 0) is 4.79 Å². The number of carbonyl (C=O) groups is 1. The van der Waals surface area contributed by atoms with Crippen LogP contribution in [0.2, 0.25) is 0 Å². The lowest BCUT2D eigenvalue weighted by Gasteiger charge is -2.35. The molecule has 3 nitrogen and oxygen atoms in total. The fourth-order valence-electron chi connectivity index (χ4n) is 2.91. The summed E-state index contributed by atoms with van der Waals surface area (Å²) in [5, 5.41) is 0. The summed E-state index contributed by atoms with van der Waals surface area (Å²) in [6.45, 7) is 4.31. The van der Waals surface area contributed by atoms with E-state index in [1.807, 2.05) is 11.9 Å². The Bertz CT molecular complexity index is 247. The van der Waals surface area contributed by atoms with Crippen LogP contribution in [0.5, 0.6) is 0 Å². The standard InChI is InChI=1S/C15H30N2O/c1-4-6-7-12(5-2)15(18)17(3)14-10-8-13(16)9-11-14/h12-14H,4-11,16H2,1-3H3. The average molecular weight is 254 g/mol. The lowest BCUT2D eigenvalue weighted by molar-refractivity contribution is -0.137. The summed E-state index contributed by atoms with van der Waals surface area (Å²) >= 11 is 0. The van der Waals surface area contributed by atoms with Gasteiger partial charge in [0.1, 0.15) is 0 Å². The molecule has 1 saturated carbocycles. The minimum atomic E-state index is 0.227. The fourth-order valence-corrected chi connectivity index (χ4v) is 2.91. The molecule has 0 aromatic heterocycles. The third kappa shape index (κ3) is 4.27. The van der Waals surface area contributed by atoms with Crippen molar-refractivity contribution >= 4 is 5.91 Å². The molecule has 1 fully saturated rings. The first-order valence-corrected chi connectivity index (χ1v) is 7.62. The zero-order valence-electron chi connectivity index (χ0n) is 12.3. The van der Waals surface area contributed by atoms with Gasteiger partial charge in [-0.2, -0.15) is 0 Å². The molecule has 0 saturated heterocycles. The first-order chi connectivity index (χ1) is 8.60. The van der Waals surface area contributed by atoms with E-state index in [1.165, 1.54) is 6.42 Å². The van der Waals surface area contributed by atoms with Crippen molar-refractivity contribution in [1.29, 1.82) is 0 Å². The Labute approximate surface area is 112 Å². The Hall–Kier alpha value is -0.570. The monoisotopic (exact) mass is 254 g/mol. The highest BCUT2D eigenvalue weighted by Gasteiger charge is 2.28. The van der Waals surface area contributed by atoms with Crippen molar-refractivity contribution in [3.63, 3.8) is 0 Å². The number of hydrogen-bond acceptors (Lipinski definition) is 2. The van der Waals surface area contributed by atoms with Gasteiger partial charge in [-0.3, -0.25) is 4.79 Å². The maximum absolute atomic E-state index is 12.5. The number of nitrogens with zero attached hydrogens (tertiary/aromatic N) is 1. The van der Waals surface area contributed by atoms with Gasteiger partial charge in [0.25, 0.3) is 0 Å². The van der Waals surface area contributed by atoms with Crippen molar-refractivity contribution in [3.05, 3.63) is 0 Å². The van der Waals surface area contributed by atoms with E-state index >= 15 is 0 Å². The maximum Gasteiger partial charge on any atom is 0.225 e. The molecule has 1 rings (SSSR count). The smallest absolute Gasteiger partial charge is 0.225 e. The molecule has 3 heteroatoms. The van der Waals surface area contributed by atoms with Crippen molar-refractivity contribution in [2.45, 2.75) is 77.3 Å². The number of rotatable bonds is 6. The predicted octanol–water partition coefficient (Wildman–Crippen LogP) is 2.93. The summed E-state index contributed by atoms with van der Waals surface area (Å²) in [5.41, 5.74) is 5.92. The molecular formula is C15H30N2O. The zero-order valence-corrected chi connectivity index (χ0v) is 12.3. The SMILES string of the molecule is CCCCC(CC)C(=O)N(C)C1CCC(N)CC1. The van der Waals surface area contributed by atoms with Crippen LogP contribution in [0.3, 0.4) is 0 Å². The quantitative estimate of drug-likeness (QED) is 0.792. The molecule has 0 aliphatic heterocycles. The van der Waals surface area contributed by atoms with Crippen LogP contribution in [0, 0.1) is 5.92 Å². The first kappa shape index (κ1) is 15.5. The van der Waals surface area contributed by atoms with Crippen molar-refractivity contribution in [2.24, 2.45) is 11.7 Å². The van der Waals surface area contributed by atoms with E-state index in [0.717, 1.165) is 44.9 Å². The topological polar surface area (TPSA) is 46.3 Å². The Morgan fingerprint density at radius 2 is 1.89 bits per heavy atom. The lowest BCUT2D eigenvalue weighted by Crippen LogP contribution is -2.44. The summed E-state index contributed by atoms with van der Waals surface area (Å²) in [5.74, 6) is 0.581. The Kier molecular flexibility index (Phi) is 6.69. The fraction of sp³-hybridized carbons (Fsp3) is 0.933. The number of carbonyl (C=O) groups excluding carboxylic acids is 1. The highest BCUT2D eigenvalue weighted by Crippen LogP contribution is 2.24. The van der Waals surface area contributed by atoms with Crippen LogP contribution >= 0.6 is 0 Å². The predicted molar refractivity (Wildman–Crippen MR) is 76.3 cm³/mol. The van der Waals surface area contributed by atoms with Crippen molar-refractivity contribution in [3.8, 4) is 0 Å². The molecule has 106 valence electrons. The second-order valence-corrected chi connectivity index (χ2v) is 5.77. The largest absolute Gasteiger partial charge is 0.343 e. The van der Waals surface area contributed by atoms with Crippen LogP contribution in [0.4, 0.5) is 0 Å². The molecule has 1 atom stereocenters. The molecule has 2 N–H and O–H groups in total. The third-order valence-electron chi connectivity index (χ3n) is 4.38. The summed E-state index contributed by atoms with van der Waals surface area (Å²) in [7, 11) is 1.98. The Balaban J connectivity index is 2.48. The second-order valence-electron chi connectivity index (χ2n) is 5.77. The molecule has 1 aliphatic carbocycles. The highest BCUT2D eigenvalue weighted by atomic mass is 16.2. The molecule has 0 aromatic rings. The van der Waals surface area contributed by atoms with E-state index < -0.39 is 0 Å². The van der Waals surface area contributed by atoms with Crippen molar-refractivity contribution < 1.29 is 4.79 Å². The van der Waals surface area contributed by atoms with Crippen LogP contribution in [-0.4, -0.2) is 29.9 Å². The highest BCUT2D eigenvalue weighted by molar-refractivity contribution is 5.78. The molecule has 0 heterocycles. The summed E-state index contributed by atoms with van der Waals surface area (Å²) < 4.78 is 0. The normalized spacial score (nSPS) is 25.8. The summed E-state index contributed by atoms with van der Waals surface area (Å²) in [6.07, 6.45) is 8.63. The van der Waals surface area contributed by atoms with E-state index in [1.54, 1.807) is 0 Å². The van der Waals surface area contributed by atoms with Gasteiger partial charge in [0.15, 0.2) is 0 Å². The molecule has 0 bridgehead atoms. The third-order valence-corrected chi connectivity index (χ3v) is 4.38. The maximum atomic E-state index is 12.5. The Morgan fingerprint density at radius 1 is 1.28 bits per heavy atom. The number of hydrogen-bond donors (Lipinski definition) is 1. The van der Waals surface area contributed by atoms with Gasteiger partial charge in [-0.25, -0.2) is 0 Å². The second kappa shape index (κ2) is 7.78. The first-order valence-electron chi connectivity index (χ1n) is 7.62. The molecule has 1 aliphatic rings. The summed E-state index contributed by atoms with van der Waals surface area (Å²) in [4.78, 5) is 14.5. The van der Waals surface area contributed by atoms with Crippen LogP contribution in [0.15, 0.2) is 0 Å². The van der Waals surface area contributed by atoms with E-state index in [-0.39, 0.29) is 5.92 Å². The minimum absolute atomic E-state index is 0.227. The number of unbranched alkanes of at least 4 members (excludes halogenated alkanes) is 1. The van der Waals surface area contributed by atoms with Crippen molar-refractivity contribution in [2.75, 3.05) is 7.05 Å². The summed E-state index contributed by atoms with van der Waals surface area (Å²) in [6, 6.07) is 0.778. The van der Waals surface area contributed by atoms with E-state index in [4.69, 9.17) is 5.73 Å². The number of nitrogens with two attached hydrogens (primary N) is 1. The van der Waals surface area contributed by atoms with Gasteiger partial charge in [-0.05, 0) is 38.5 Å². The molecule has 0 radical (unpaired) electrons.